The van der Waals surface area contributed by atoms with Gasteiger partial charge in [0.05, 0.1) is 12.5 Å². The van der Waals surface area contributed by atoms with Crippen LogP contribution >= 0.6 is 27.5 Å². The summed E-state index contributed by atoms with van der Waals surface area (Å²) in [5.74, 6) is 0. The van der Waals surface area contributed by atoms with Crippen molar-refractivity contribution in [2.24, 2.45) is 0 Å². The van der Waals surface area contributed by atoms with Crippen LogP contribution in [0.4, 0.5) is 0 Å². The van der Waals surface area contributed by atoms with E-state index in [1.165, 1.54) is 0 Å². The Labute approximate surface area is 103 Å². The molecule has 0 radical (unpaired) electrons. The number of nitrogens with zero attached hydrogens (tertiary/aromatic N) is 1. The second-order valence-electron chi connectivity index (χ2n) is 3.38. The fourth-order valence-corrected chi connectivity index (χ4v) is 1.98. The average Bonchev–Trinajstić information content (AvgIpc) is 2.17. The molecule has 0 aliphatic heterocycles. The molecule has 1 atom stereocenters. The summed E-state index contributed by atoms with van der Waals surface area (Å²) in [6, 6.07) is 8.04. The second kappa shape index (κ2) is 6.12. The lowest BCUT2D eigenvalue weighted by Crippen LogP contribution is -2.24. The van der Waals surface area contributed by atoms with Gasteiger partial charge in [0.2, 0.25) is 0 Å². The lowest BCUT2D eigenvalue weighted by molar-refractivity contribution is 0.556. The highest BCUT2D eigenvalue weighted by Gasteiger charge is 2.03. The van der Waals surface area contributed by atoms with Crippen LogP contribution in [0.1, 0.15) is 18.9 Å². The third kappa shape index (κ3) is 4.21. The summed E-state index contributed by atoms with van der Waals surface area (Å²) in [6.45, 7) is 2.73. The van der Waals surface area contributed by atoms with Crippen LogP contribution in [0.2, 0.25) is 5.02 Å². The third-order valence-electron chi connectivity index (χ3n) is 2.05. The minimum Gasteiger partial charge on any atom is -0.309 e. The number of benzene rings is 1. The summed E-state index contributed by atoms with van der Waals surface area (Å²) in [6.07, 6.45) is 0.519. The molecule has 1 aromatic rings. The van der Waals surface area contributed by atoms with Crippen molar-refractivity contribution in [3.05, 3.63) is 33.3 Å². The van der Waals surface area contributed by atoms with Crippen molar-refractivity contribution in [3.8, 4) is 6.07 Å². The first-order valence-electron chi connectivity index (χ1n) is 4.67. The Morgan fingerprint density at radius 1 is 1.60 bits per heavy atom. The van der Waals surface area contributed by atoms with E-state index in [9.17, 15) is 0 Å². The first-order chi connectivity index (χ1) is 7.13. The quantitative estimate of drug-likeness (QED) is 0.920. The highest BCUT2D eigenvalue weighted by molar-refractivity contribution is 9.10. The Balaban J connectivity index is 2.55. The van der Waals surface area contributed by atoms with Gasteiger partial charge in [-0.1, -0.05) is 33.6 Å². The number of rotatable bonds is 4. The molecule has 0 bridgehead atoms. The van der Waals surface area contributed by atoms with Crippen LogP contribution in [0.25, 0.3) is 0 Å². The molecule has 0 aliphatic carbocycles. The molecule has 0 fully saturated rings. The van der Waals surface area contributed by atoms with Crippen LogP contribution in [-0.2, 0) is 6.54 Å². The Morgan fingerprint density at radius 2 is 2.33 bits per heavy atom. The lowest BCUT2D eigenvalue weighted by Gasteiger charge is -2.11. The van der Waals surface area contributed by atoms with Gasteiger partial charge in [-0.25, -0.2) is 0 Å². The maximum absolute atomic E-state index is 8.51. The topological polar surface area (TPSA) is 35.8 Å². The van der Waals surface area contributed by atoms with Gasteiger partial charge in [0.25, 0.3) is 0 Å². The van der Waals surface area contributed by atoms with Crippen molar-refractivity contribution in [2.45, 2.75) is 25.9 Å². The molecular weight excluding hydrogens is 275 g/mol. The van der Waals surface area contributed by atoms with Crippen LogP contribution in [0.15, 0.2) is 22.7 Å². The summed E-state index contributed by atoms with van der Waals surface area (Å²) < 4.78 is 0.992. The van der Waals surface area contributed by atoms with Gasteiger partial charge in [0, 0.05) is 22.1 Å². The van der Waals surface area contributed by atoms with E-state index in [4.69, 9.17) is 16.9 Å². The number of hydrogen-bond acceptors (Lipinski definition) is 2. The molecule has 80 valence electrons. The number of nitrogens with one attached hydrogen (secondary N) is 1. The van der Waals surface area contributed by atoms with Crippen LogP contribution in [0.5, 0.6) is 0 Å². The molecule has 2 nitrogen and oxygen atoms in total. The van der Waals surface area contributed by atoms with Crippen LogP contribution in [0.3, 0.4) is 0 Å². The smallest absolute Gasteiger partial charge is 0.0638 e. The van der Waals surface area contributed by atoms with Crippen LogP contribution < -0.4 is 5.32 Å². The standard InChI is InChI=1S/C11H12BrClN2/c1-8(4-5-14)15-7-9-2-3-10(13)6-11(9)12/h2-3,6,8,15H,4,7H2,1H3. The normalized spacial score (nSPS) is 12.1. The molecule has 15 heavy (non-hydrogen) atoms. The van der Waals surface area contributed by atoms with Crippen molar-refractivity contribution >= 4 is 27.5 Å². The van der Waals surface area contributed by atoms with Gasteiger partial charge < -0.3 is 5.32 Å². The summed E-state index contributed by atoms with van der Waals surface area (Å²) in [5.41, 5.74) is 1.14. The van der Waals surface area contributed by atoms with E-state index in [1.807, 2.05) is 25.1 Å². The Morgan fingerprint density at radius 3 is 2.93 bits per heavy atom. The molecule has 0 aromatic heterocycles. The first kappa shape index (κ1) is 12.5. The predicted octanol–water partition coefficient (Wildman–Crippen LogP) is 3.49. The lowest BCUT2D eigenvalue weighted by atomic mass is 10.2. The maximum Gasteiger partial charge on any atom is 0.0638 e. The molecular formula is C11H12BrClN2. The van der Waals surface area contributed by atoms with Crippen molar-refractivity contribution in [3.63, 3.8) is 0 Å². The molecule has 1 rings (SSSR count). The van der Waals surface area contributed by atoms with E-state index in [0.717, 1.165) is 21.6 Å². The zero-order valence-electron chi connectivity index (χ0n) is 8.43. The average molecular weight is 288 g/mol. The Kier molecular flexibility index (Phi) is 5.10. The van der Waals surface area contributed by atoms with E-state index in [2.05, 4.69) is 27.3 Å². The van der Waals surface area contributed by atoms with Gasteiger partial charge in [-0.05, 0) is 24.6 Å². The van der Waals surface area contributed by atoms with E-state index in [1.54, 1.807) is 0 Å². The molecule has 1 unspecified atom stereocenters. The fraction of sp³-hybridized carbons (Fsp3) is 0.364. The monoisotopic (exact) mass is 286 g/mol. The van der Waals surface area contributed by atoms with Gasteiger partial charge in [-0.15, -0.1) is 0 Å². The molecule has 0 amide bonds. The van der Waals surface area contributed by atoms with Gasteiger partial charge >= 0.3 is 0 Å². The number of halogens is 2. The Bertz CT molecular complexity index is 373. The fourth-order valence-electron chi connectivity index (χ4n) is 1.16. The molecule has 0 saturated heterocycles. The highest BCUT2D eigenvalue weighted by atomic mass is 79.9. The van der Waals surface area contributed by atoms with E-state index in [0.29, 0.717) is 6.42 Å². The van der Waals surface area contributed by atoms with Gasteiger partial charge in [0.15, 0.2) is 0 Å². The van der Waals surface area contributed by atoms with Crippen molar-refractivity contribution in [2.75, 3.05) is 0 Å². The molecule has 0 aliphatic rings. The third-order valence-corrected chi connectivity index (χ3v) is 3.03. The zero-order chi connectivity index (χ0) is 11.3. The van der Waals surface area contributed by atoms with Gasteiger partial charge in [-0.2, -0.15) is 5.26 Å². The minimum atomic E-state index is 0.206. The van der Waals surface area contributed by atoms with Gasteiger partial charge in [-0.3, -0.25) is 0 Å². The Hall–Kier alpha value is -0.560. The molecule has 1 aromatic carbocycles. The number of hydrogen-bond donors (Lipinski definition) is 1. The van der Waals surface area contributed by atoms with Gasteiger partial charge in [0.1, 0.15) is 0 Å². The first-order valence-corrected chi connectivity index (χ1v) is 5.85. The predicted molar refractivity (Wildman–Crippen MR) is 65.7 cm³/mol. The summed E-state index contributed by atoms with van der Waals surface area (Å²) in [7, 11) is 0. The maximum atomic E-state index is 8.51. The minimum absolute atomic E-state index is 0.206. The molecule has 0 heterocycles. The summed E-state index contributed by atoms with van der Waals surface area (Å²) in [4.78, 5) is 0. The zero-order valence-corrected chi connectivity index (χ0v) is 10.8. The SMILES string of the molecule is CC(CC#N)NCc1ccc(Cl)cc1Br. The summed E-state index contributed by atoms with van der Waals surface area (Å²) in [5, 5.41) is 12.5. The van der Waals surface area contributed by atoms with E-state index < -0.39 is 0 Å². The van der Waals surface area contributed by atoms with Crippen molar-refractivity contribution < 1.29 is 0 Å². The largest absolute Gasteiger partial charge is 0.309 e. The summed E-state index contributed by atoms with van der Waals surface area (Å²) >= 11 is 9.28. The van der Waals surface area contributed by atoms with Crippen molar-refractivity contribution in [1.29, 1.82) is 5.26 Å². The van der Waals surface area contributed by atoms with E-state index >= 15 is 0 Å². The molecule has 0 spiro atoms. The molecule has 1 N–H and O–H groups in total. The second-order valence-corrected chi connectivity index (χ2v) is 4.67. The molecule has 4 heteroatoms. The number of nitriles is 1. The van der Waals surface area contributed by atoms with E-state index in [-0.39, 0.29) is 6.04 Å². The molecule has 0 saturated carbocycles. The van der Waals surface area contributed by atoms with Crippen molar-refractivity contribution in [1.82, 2.24) is 5.32 Å². The van der Waals surface area contributed by atoms with Crippen LogP contribution in [0, 0.1) is 11.3 Å². The highest BCUT2D eigenvalue weighted by Crippen LogP contribution is 2.21. The van der Waals surface area contributed by atoms with Crippen LogP contribution in [-0.4, -0.2) is 6.04 Å².